The van der Waals surface area contributed by atoms with Crippen molar-refractivity contribution in [2.24, 2.45) is 5.10 Å². The Bertz CT molecular complexity index is 821. The molecule has 26 heavy (non-hydrogen) atoms. The fourth-order valence-corrected chi connectivity index (χ4v) is 2.61. The Hall–Kier alpha value is -3.09. The number of benzene rings is 2. The molecule has 1 amide bonds. The first-order chi connectivity index (χ1) is 12.6. The molecule has 3 rings (SSSR count). The number of nitrogens with zero attached hydrogens (tertiary/aromatic N) is 2. The summed E-state index contributed by atoms with van der Waals surface area (Å²) < 4.78 is 28.8. The van der Waals surface area contributed by atoms with Crippen LogP contribution in [0.5, 0.6) is 17.2 Å². The standard InChI is InChI=1S/C19H19FN2O4/c1-24-17-8-3-13(11-18(17)25-2)16-9-10-22(21-16)19(23)12-26-15-6-4-14(20)5-7-15/h3-8,11H,9-10,12H2,1-2H3. The van der Waals surface area contributed by atoms with Gasteiger partial charge in [0.15, 0.2) is 18.1 Å². The summed E-state index contributed by atoms with van der Waals surface area (Å²) in [5, 5.41) is 5.76. The number of carbonyl (C=O) groups is 1. The van der Waals surface area contributed by atoms with E-state index in [0.29, 0.717) is 30.2 Å². The molecule has 0 aromatic heterocycles. The van der Waals surface area contributed by atoms with Crippen molar-refractivity contribution in [3.63, 3.8) is 0 Å². The zero-order valence-corrected chi connectivity index (χ0v) is 14.6. The van der Waals surface area contributed by atoms with Gasteiger partial charge in [0.2, 0.25) is 0 Å². The van der Waals surface area contributed by atoms with E-state index in [4.69, 9.17) is 14.2 Å². The monoisotopic (exact) mass is 358 g/mol. The van der Waals surface area contributed by atoms with E-state index in [1.807, 2.05) is 12.1 Å². The molecule has 7 heteroatoms. The summed E-state index contributed by atoms with van der Waals surface area (Å²) in [6.07, 6.45) is 0.637. The number of hydrogen-bond donors (Lipinski definition) is 0. The van der Waals surface area contributed by atoms with Crippen molar-refractivity contribution in [2.75, 3.05) is 27.4 Å². The molecule has 2 aromatic carbocycles. The van der Waals surface area contributed by atoms with Crippen LogP contribution in [0.25, 0.3) is 0 Å². The lowest BCUT2D eigenvalue weighted by Crippen LogP contribution is -2.28. The number of hydrazone groups is 1. The molecule has 0 radical (unpaired) electrons. The first-order valence-electron chi connectivity index (χ1n) is 8.09. The Balaban J connectivity index is 1.65. The van der Waals surface area contributed by atoms with Crippen molar-refractivity contribution >= 4 is 11.6 Å². The van der Waals surface area contributed by atoms with Gasteiger partial charge in [-0.2, -0.15) is 5.10 Å². The molecule has 0 N–H and O–H groups in total. The fraction of sp³-hybridized carbons (Fsp3) is 0.263. The highest BCUT2D eigenvalue weighted by molar-refractivity contribution is 6.03. The molecular weight excluding hydrogens is 339 g/mol. The van der Waals surface area contributed by atoms with Crippen molar-refractivity contribution < 1.29 is 23.4 Å². The van der Waals surface area contributed by atoms with E-state index < -0.39 is 0 Å². The van der Waals surface area contributed by atoms with Crippen LogP contribution < -0.4 is 14.2 Å². The number of methoxy groups -OCH3 is 2. The Morgan fingerprint density at radius 2 is 1.85 bits per heavy atom. The van der Waals surface area contributed by atoms with Gasteiger partial charge in [0.1, 0.15) is 11.6 Å². The average molecular weight is 358 g/mol. The van der Waals surface area contributed by atoms with Gasteiger partial charge in [-0.25, -0.2) is 9.40 Å². The molecule has 0 unspecified atom stereocenters. The highest BCUT2D eigenvalue weighted by Gasteiger charge is 2.22. The van der Waals surface area contributed by atoms with E-state index in [-0.39, 0.29) is 18.3 Å². The van der Waals surface area contributed by atoms with Crippen LogP contribution in [0.15, 0.2) is 47.6 Å². The molecule has 0 saturated carbocycles. The summed E-state index contributed by atoms with van der Waals surface area (Å²) in [5.41, 5.74) is 1.67. The van der Waals surface area contributed by atoms with Crippen LogP contribution in [0.4, 0.5) is 4.39 Å². The minimum absolute atomic E-state index is 0.158. The van der Waals surface area contributed by atoms with Gasteiger partial charge in [0.25, 0.3) is 5.91 Å². The van der Waals surface area contributed by atoms with Crippen molar-refractivity contribution in [1.82, 2.24) is 5.01 Å². The van der Waals surface area contributed by atoms with Gasteiger partial charge >= 0.3 is 0 Å². The topological polar surface area (TPSA) is 60.4 Å². The molecule has 0 aliphatic carbocycles. The molecule has 1 heterocycles. The van der Waals surface area contributed by atoms with E-state index in [2.05, 4.69) is 5.10 Å². The van der Waals surface area contributed by atoms with Gasteiger partial charge in [0, 0.05) is 12.0 Å². The Labute approximate surface area is 150 Å². The van der Waals surface area contributed by atoms with Crippen LogP contribution in [-0.2, 0) is 4.79 Å². The van der Waals surface area contributed by atoms with Gasteiger partial charge < -0.3 is 14.2 Å². The summed E-state index contributed by atoms with van der Waals surface area (Å²) in [7, 11) is 3.15. The fourth-order valence-electron chi connectivity index (χ4n) is 2.61. The molecule has 0 fully saturated rings. The van der Waals surface area contributed by atoms with Crippen LogP contribution in [0.3, 0.4) is 0 Å². The third kappa shape index (κ3) is 3.93. The first-order valence-corrected chi connectivity index (χ1v) is 8.09. The lowest BCUT2D eigenvalue weighted by molar-refractivity contribution is -0.132. The van der Waals surface area contributed by atoms with Crippen molar-refractivity contribution in [3.8, 4) is 17.2 Å². The van der Waals surface area contributed by atoms with Crippen molar-refractivity contribution in [3.05, 3.63) is 53.8 Å². The van der Waals surface area contributed by atoms with Crippen molar-refractivity contribution in [1.29, 1.82) is 0 Å². The lowest BCUT2D eigenvalue weighted by atomic mass is 10.1. The Morgan fingerprint density at radius 1 is 1.12 bits per heavy atom. The highest BCUT2D eigenvalue weighted by Crippen LogP contribution is 2.29. The number of rotatable bonds is 6. The lowest BCUT2D eigenvalue weighted by Gasteiger charge is -2.12. The summed E-state index contributed by atoms with van der Waals surface area (Å²) in [6, 6.07) is 11.0. The molecule has 2 aromatic rings. The average Bonchev–Trinajstić information content (AvgIpc) is 3.17. The van der Waals surface area contributed by atoms with Crippen LogP contribution in [0.2, 0.25) is 0 Å². The summed E-state index contributed by atoms with van der Waals surface area (Å²) >= 11 is 0. The molecule has 0 spiro atoms. The number of ether oxygens (including phenoxy) is 3. The van der Waals surface area contributed by atoms with Gasteiger partial charge in [-0.05, 0) is 42.5 Å². The minimum Gasteiger partial charge on any atom is -0.493 e. The predicted molar refractivity (Wildman–Crippen MR) is 94.3 cm³/mol. The molecular formula is C19H19FN2O4. The smallest absolute Gasteiger partial charge is 0.280 e. The van der Waals surface area contributed by atoms with Gasteiger partial charge in [-0.1, -0.05) is 0 Å². The van der Waals surface area contributed by atoms with Gasteiger partial charge in [-0.15, -0.1) is 0 Å². The van der Waals surface area contributed by atoms with Crippen LogP contribution >= 0.6 is 0 Å². The summed E-state index contributed by atoms with van der Waals surface area (Å²) in [4.78, 5) is 12.3. The van der Waals surface area contributed by atoms with E-state index >= 15 is 0 Å². The number of carbonyl (C=O) groups excluding carboxylic acids is 1. The molecule has 0 bridgehead atoms. The second-order valence-electron chi connectivity index (χ2n) is 5.63. The van der Waals surface area contributed by atoms with Crippen LogP contribution in [0, 0.1) is 5.82 Å². The Kier molecular flexibility index (Phi) is 5.36. The normalized spacial score (nSPS) is 13.3. The minimum atomic E-state index is -0.354. The maximum absolute atomic E-state index is 12.9. The third-order valence-electron chi connectivity index (χ3n) is 3.98. The molecule has 6 nitrogen and oxygen atoms in total. The number of halogens is 1. The second kappa shape index (κ2) is 7.86. The highest BCUT2D eigenvalue weighted by atomic mass is 19.1. The Morgan fingerprint density at radius 3 is 2.54 bits per heavy atom. The quantitative estimate of drug-likeness (QED) is 0.797. The largest absolute Gasteiger partial charge is 0.493 e. The van der Waals surface area contributed by atoms with E-state index in [0.717, 1.165) is 11.3 Å². The van der Waals surface area contributed by atoms with E-state index in [1.54, 1.807) is 20.3 Å². The maximum Gasteiger partial charge on any atom is 0.280 e. The molecule has 0 saturated heterocycles. The summed E-state index contributed by atoms with van der Waals surface area (Å²) in [6.45, 7) is 0.323. The predicted octanol–water partition coefficient (Wildman–Crippen LogP) is 2.86. The number of hydrogen-bond acceptors (Lipinski definition) is 5. The van der Waals surface area contributed by atoms with Gasteiger partial charge in [0.05, 0.1) is 26.5 Å². The zero-order valence-electron chi connectivity index (χ0n) is 14.6. The number of amides is 1. The van der Waals surface area contributed by atoms with Gasteiger partial charge in [-0.3, -0.25) is 4.79 Å². The first kappa shape index (κ1) is 17.7. The van der Waals surface area contributed by atoms with Crippen LogP contribution in [-0.4, -0.2) is 44.0 Å². The molecule has 1 aliphatic heterocycles. The maximum atomic E-state index is 12.9. The second-order valence-corrected chi connectivity index (χ2v) is 5.63. The van der Waals surface area contributed by atoms with Crippen LogP contribution in [0.1, 0.15) is 12.0 Å². The van der Waals surface area contributed by atoms with E-state index in [9.17, 15) is 9.18 Å². The van der Waals surface area contributed by atoms with E-state index in [1.165, 1.54) is 29.3 Å². The third-order valence-corrected chi connectivity index (χ3v) is 3.98. The summed E-state index contributed by atoms with van der Waals surface area (Å²) in [5.74, 6) is 1.06. The molecule has 0 atom stereocenters. The SMILES string of the molecule is COc1ccc(C2=NN(C(=O)COc3ccc(F)cc3)CC2)cc1OC. The van der Waals surface area contributed by atoms with Crippen molar-refractivity contribution in [2.45, 2.75) is 6.42 Å². The zero-order chi connectivity index (χ0) is 18.5. The molecule has 136 valence electrons. The molecule has 1 aliphatic rings.